The highest BCUT2D eigenvalue weighted by Crippen LogP contribution is 2.14. The van der Waals surface area contributed by atoms with Gasteiger partial charge in [-0.05, 0) is 24.0 Å². The number of nitrogens with one attached hydrogen (secondary N) is 1. The first kappa shape index (κ1) is 7.81. The molecular weight excluding hydrogens is 165 g/mol. The highest BCUT2D eigenvalue weighted by atomic mass is 32.2. The maximum atomic E-state index is 3.23. The highest BCUT2D eigenvalue weighted by molar-refractivity contribution is 8.26. The van der Waals surface area contributed by atoms with Gasteiger partial charge in [-0.3, -0.25) is 0 Å². The van der Waals surface area contributed by atoms with Crippen LogP contribution in [0.25, 0.3) is 0 Å². The van der Waals surface area contributed by atoms with Crippen LogP contribution in [0.4, 0.5) is 5.69 Å². The third-order valence-corrected chi connectivity index (χ3v) is 2.95. The van der Waals surface area contributed by atoms with Crippen molar-refractivity contribution in [2.75, 3.05) is 11.6 Å². The monoisotopic (exact) mass is 175 g/mol. The van der Waals surface area contributed by atoms with Crippen LogP contribution in [0, 0.1) is 0 Å². The van der Waals surface area contributed by atoms with E-state index in [4.69, 9.17) is 0 Å². The van der Waals surface area contributed by atoms with Gasteiger partial charge in [0.15, 0.2) is 0 Å². The zero-order chi connectivity index (χ0) is 8.39. The summed E-state index contributed by atoms with van der Waals surface area (Å²) >= 11 is 1.86. The van der Waals surface area contributed by atoms with E-state index in [1.54, 1.807) is 0 Å². The molecular formula is C9H10BNS. The average molecular weight is 175 g/mol. The second-order valence-corrected chi connectivity index (χ2v) is 3.73. The van der Waals surface area contributed by atoms with Crippen molar-refractivity contribution in [2.24, 2.45) is 0 Å². The lowest BCUT2D eigenvalue weighted by Crippen LogP contribution is -2.30. The van der Waals surface area contributed by atoms with Gasteiger partial charge in [0.05, 0.1) is 0 Å². The molecule has 0 saturated carbocycles. The quantitative estimate of drug-likeness (QED) is 0.652. The second kappa shape index (κ2) is 3.27. The Bertz CT molecular complexity index is 311. The Hall–Kier alpha value is -0.825. The van der Waals surface area contributed by atoms with Gasteiger partial charge in [-0.1, -0.05) is 24.2 Å². The molecule has 1 aliphatic heterocycles. The van der Waals surface area contributed by atoms with Gasteiger partial charge in [0.2, 0.25) is 0 Å². The minimum atomic E-state index is 0.516. The maximum Gasteiger partial charge on any atom is 0.270 e. The van der Waals surface area contributed by atoms with Crippen molar-refractivity contribution in [3.05, 3.63) is 36.4 Å². The molecule has 0 fully saturated rings. The molecule has 1 nitrogen and oxygen atoms in total. The Morgan fingerprint density at radius 1 is 1.33 bits per heavy atom. The Labute approximate surface area is 77.2 Å². The second-order valence-electron chi connectivity index (χ2n) is 2.75. The molecule has 3 heteroatoms. The van der Waals surface area contributed by atoms with Crippen LogP contribution < -0.4 is 10.8 Å². The molecule has 0 spiro atoms. The number of hydrogen-bond donors (Lipinski definition) is 1. The lowest BCUT2D eigenvalue weighted by atomic mass is 9.66. The molecule has 1 N–H and O–H groups in total. The van der Waals surface area contributed by atoms with Crippen molar-refractivity contribution in [1.82, 2.24) is 0 Å². The largest absolute Gasteiger partial charge is 0.363 e. The minimum Gasteiger partial charge on any atom is -0.363 e. The average Bonchev–Trinajstić information content (AvgIpc) is 2.17. The van der Waals surface area contributed by atoms with Crippen LogP contribution >= 0.6 is 11.6 Å². The van der Waals surface area contributed by atoms with Gasteiger partial charge >= 0.3 is 0 Å². The predicted molar refractivity (Wildman–Crippen MR) is 58.1 cm³/mol. The Balaban J connectivity index is 2.43. The molecule has 0 bridgehead atoms. The fourth-order valence-corrected chi connectivity index (χ4v) is 2.11. The number of rotatable bonds is 1. The van der Waals surface area contributed by atoms with Crippen LogP contribution in [0.15, 0.2) is 36.4 Å². The standard InChI is InChI=1S/C9H10BNS/c1-12-10-6-7-11-9-5-3-2-4-8(9)10/h2-7,11H,1H3. The summed E-state index contributed by atoms with van der Waals surface area (Å²) in [5.74, 6) is 2.70. The SMILES string of the molecule is CSB1C=CNc2ccccc21. The van der Waals surface area contributed by atoms with Crippen molar-refractivity contribution in [1.29, 1.82) is 0 Å². The first-order valence-electron chi connectivity index (χ1n) is 3.97. The number of fused-ring (bicyclic) bond motifs is 1. The fourth-order valence-electron chi connectivity index (χ4n) is 1.41. The summed E-state index contributed by atoms with van der Waals surface area (Å²) in [6.07, 6.45) is 4.15. The number of para-hydroxylation sites is 1. The zero-order valence-corrected chi connectivity index (χ0v) is 7.77. The van der Waals surface area contributed by atoms with Crippen molar-refractivity contribution < 1.29 is 0 Å². The van der Waals surface area contributed by atoms with Crippen LogP contribution in [0.5, 0.6) is 0 Å². The van der Waals surface area contributed by atoms with E-state index in [0.717, 1.165) is 0 Å². The molecule has 0 saturated heterocycles. The molecule has 0 atom stereocenters. The Morgan fingerprint density at radius 3 is 3.00 bits per heavy atom. The summed E-state index contributed by atoms with van der Waals surface area (Å²) in [5.41, 5.74) is 2.62. The summed E-state index contributed by atoms with van der Waals surface area (Å²) in [4.78, 5) is 0. The molecule has 1 aromatic carbocycles. The van der Waals surface area contributed by atoms with E-state index < -0.39 is 0 Å². The Kier molecular flexibility index (Phi) is 2.13. The maximum absolute atomic E-state index is 3.23. The summed E-state index contributed by atoms with van der Waals surface area (Å²) in [6.45, 7) is 0. The van der Waals surface area contributed by atoms with E-state index in [1.165, 1.54) is 11.2 Å². The number of anilines is 1. The predicted octanol–water partition coefficient (Wildman–Crippen LogP) is 1.73. The van der Waals surface area contributed by atoms with Gasteiger partial charge in [0.25, 0.3) is 5.99 Å². The van der Waals surface area contributed by atoms with Crippen LogP contribution in [-0.2, 0) is 0 Å². The number of benzene rings is 1. The molecule has 0 amide bonds. The van der Waals surface area contributed by atoms with Gasteiger partial charge < -0.3 is 5.32 Å². The summed E-state index contributed by atoms with van der Waals surface area (Å²) in [7, 11) is 0. The molecule has 2 rings (SSSR count). The van der Waals surface area contributed by atoms with Crippen LogP contribution in [0.1, 0.15) is 0 Å². The normalized spacial score (nSPS) is 13.9. The Morgan fingerprint density at radius 2 is 2.17 bits per heavy atom. The molecule has 12 heavy (non-hydrogen) atoms. The summed E-state index contributed by atoms with van der Waals surface area (Å²) < 4.78 is 0. The van der Waals surface area contributed by atoms with E-state index in [1.807, 2.05) is 17.8 Å². The van der Waals surface area contributed by atoms with Gasteiger partial charge in [-0.25, -0.2) is 11.6 Å². The smallest absolute Gasteiger partial charge is 0.270 e. The minimum absolute atomic E-state index is 0.516. The van der Waals surface area contributed by atoms with Gasteiger partial charge in [-0.2, -0.15) is 0 Å². The van der Waals surface area contributed by atoms with Gasteiger partial charge in [-0.15, -0.1) is 0 Å². The molecule has 1 aliphatic rings. The van der Waals surface area contributed by atoms with E-state index in [-0.39, 0.29) is 0 Å². The molecule has 60 valence electrons. The highest BCUT2D eigenvalue weighted by Gasteiger charge is 2.17. The lowest BCUT2D eigenvalue weighted by molar-refractivity contribution is 1.60. The van der Waals surface area contributed by atoms with Crippen LogP contribution in [0.2, 0.25) is 0 Å². The third kappa shape index (κ3) is 1.25. The first-order chi connectivity index (χ1) is 5.92. The van der Waals surface area contributed by atoms with Crippen molar-refractivity contribution in [2.45, 2.75) is 0 Å². The lowest BCUT2D eigenvalue weighted by Gasteiger charge is -2.17. The van der Waals surface area contributed by atoms with E-state index in [0.29, 0.717) is 5.99 Å². The van der Waals surface area contributed by atoms with Crippen molar-refractivity contribution in [3.8, 4) is 0 Å². The van der Waals surface area contributed by atoms with Gasteiger partial charge in [0, 0.05) is 5.69 Å². The summed E-state index contributed by atoms with van der Waals surface area (Å²) in [5, 5.41) is 3.23. The van der Waals surface area contributed by atoms with Crippen molar-refractivity contribution >= 4 is 28.8 Å². The molecule has 0 radical (unpaired) electrons. The van der Waals surface area contributed by atoms with Gasteiger partial charge in [0.1, 0.15) is 0 Å². The molecule has 1 heterocycles. The van der Waals surface area contributed by atoms with Crippen LogP contribution in [0.3, 0.4) is 0 Å². The molecule has 0 aromatic heterocycles. The topological polar surface area (TPSA) is 12.0 Å². The molecule has 0 aliphatic carbocycles. The molecule has 0 unspecified atom stereocenters. The van der Waals surface area contributed by atoms with Crippen LogP contribution in [-0.4, -0.2) is 12.2 Å². The summed E-state index contributed by atoms with van der Waals surface area (Å²) in [6, 6.07) is 8.43. The third-order valence-electron chi connectivity index (χ3n) is 2.03. The molecule has 1 aromatic rings. The van der Waals surface area contributed by atoms with E-state index in [9.17, 15) is 0 Å². The first-order valence-corrected chi connectivity index (χ1v) is 5.25. The van der Waals surface area contributed by atoms with E-state index >= 15 is 0 Å². The number of hydrogen-bond acceptors (Lipinski definition) is 2. The fraction of sp³-hybridized carbons (Fsp3) is 0.111. The zero-order valence-electron chi connectivity index (χ0n) is 6.95. The van der Waals surface area contributed by atoms with E-state index in [2.05, 4.69) is 41.8 Å². The van der Waals surface area contributed by atoms with Crippen molar-refractivity contribution in [3.63, 3.8) is 0 Å².